The van der Waals surface area contributed by atoms with E-state index in [9.17, 15) is 0 Å². The third-order valence-electron chi connectivity index (χ3n) is 1.09. The van der Waals surface area contributed by atoms with Crippen LogP contribution in [0.2, 0.25) is 0 Å². The molecule has 1 heterocycles. The Labute approximate surface area is 58.9 Å². The molecule has 54 valence electrons. The molecule has 0 spiro atoms. The van der Waals surface area contributed by atoms with Crippen LogP contribution in [0.4, 0.5) is 0 Å². The highest BCUT2D eigenvalue weighted by molar-refractivity contribution is 5.17. The third kappa shape index (κ3) is 1.43. The van der Waals surface area contributed by atoms with Crippen molar-refractivity contribution in [3.63, 3.8) is 0 Å². The van der Waals surface area contributed by atoms with Crippen LogP contribution in [0.25, 0.3) is 6.20 Å². The molecule has 0 saturated heterocycles. The zero-order chi connectivity index (χ0) is 7.40. The van der Waals surface area contributed by atoms with Gasteiger partial charge in [-0.25, -0.2) is 10.6 Å². The Morgan fingerprint density at radius 1 is 1.90 bits per heavy atom. The lowest BCUT2D eigenvalue weighted by molar-refractivity contribution is 0.124. The molecule has 4 heteroatoms. The van der Waals surface area contributed by atoms with E-state index in [2.05, 4.69) is 16.5 Å². The Morgan fingerprint density at radius 2 is 2.70 bits per heavy atom. The Morgan fingerprint density at radius 3 is 3.20 bits per heavy atom. The molecule has 0 saturated carbocycles. The molecule has 0 atom stereocenters. The van der Waals surface area contributed by atoms with Gasteiger partial charge in [-0.3, -0.25) is 4.84 Å². The molecular formula is C6H9N3O. The zero-order valence-electron chi connectivity index (χ0n) is 5.53. The first kappa shape index (κ1) is 6.98. The smallest absolute Gasteiger partial charge is 0.0960 e. The van der Waals surface area contributed by atoms with Crippen LogP contribution in [-0.2, 0) is 11.4 Å². The zero-order valence-corrected chi connectivity index (χ0v) is 5.53. The molecule has 10 heavy (non-hydrogen) atoms. The molecule has 0 amide bonds. The number of hydrogen-bond acceptors (Lipinski definition) is 3. The second-order valence-corrected chi connectivity index (χ2v) is 1.82. The summed E-state index contributed by atoms with van der Waals surface area (Å²) in [5.41, 5.74) is 0.933. The Balaban J connectivity index is 2.68. The number of hydrogen-bond donors (Lipinski definition) is 1. The Hall–Kier alpha value is -1.13. The van der Waals surface area contributed by atoms with E-state index in [0.717, 1.165) is 5.56 Å². The van der Waals surface area contributed by atoms with Gasteiger partial charge in [-0.05, 0) is 0 Å². The van der Waals surface area contributed by atoms with Crippen molar-refractivity contribution in [2.24, 2.45) is 5.90 Å². The van der Waals surface area contributed by atoms with E-state index < -0.39 is 0 Å². The molecule has 2 N–H and O–H groups in total. The molecule has 0 aromatic carbocycles. The van der Waals surface area contributed by atoms with Crippen molar-refractivity contribution in [1.29, 1.82) is 0 Å². The summed E-state index contributed by atoms with van der Waals surface area (Å²) in [6.45, 7) is 3.92. The fourth-order valence-electron chi connectivity index (χ4n) is 0.648. The summed E-state index contributed by atoms with van der Waals surface area (Å²) < 4.78 is 1.59. The van der Waals surface area contributed by atoms with Crippen molar-refractivity contribution in [3.8, 4) is 0 Å². The number of aromatic nitrogens is 2. The Kier molecular flexibility index (Phi) is 2.20. The average molecular weight is 139 g/mol. The Bertz CT molecular complexity index is 219. The molecule has 0 bridgehead atoms. The van der Waals surface area contributed by atoms with Crippen LogP contribution >= 0.6 is 0 Å². The molecule has 0 aliphatic rings. The van der Waals surface area contributed by atoms with Crippen molar-refractivity contribution in [3.05, 3.63) is 24.5 Å². The highest BCUT2D eigenvalue weighted by Gasteiger charge is 1.93. The van der Waals surface area contributed by atoms with E-state index >= 15 is 0 Å². The molecule has 1 aromatic rings. The van der Waals surface area contributed by atoms with Gasteiger partial charge >= 0.3 is 0 Å². The predicted octanol–water partition coefficient (Wildman–Crippen LogP) is 0.374. The topological polar surface area (TPSA) is 53.1 Å². The fraction of sp³-hybridized carbons (Fsp3) is 0.167. The van der Waals surface area contributed by atoms with Gasteiger partial charge in [0.25, 0.3) is 0 Å². The monoisotopic (exact) mass is 139 g/mol. The van der Waals surface area contributed by atoms with Gasteiger partial charge in [0.15, 0.2) is 0 Å². The van der Waals surface area contributed by atoms with Gasteiger partial charge in [-0.2, -0.15) is 5.10 Å². The molecule has 0 fully saturated rings. The lowest BCUT2D eigenvalue weighted by Gasteiger charge is -1.89. The van der Waals surface area contributed by atoms with Crippen LogP contribution in [0, 0.1) is 0 Å². The maximum absolute atomic E-state index is 4.85. The number of rotatable bonds is 3. The van der Waals surface area contributed by atoms with Crippen LogP contribution < -0.4 is 5.90 Å². The van der Waals surface area contributed by atoms with Gasteiger partial charge in [0.2, 0.25) is 0 Å². The lowest BCUT2D eigenvalue weighted by Crippen LogP contribution is -1.97. The van der Waals surface area contributed by atoms with E-state index in [1.54, 1.807) is 23.3 Å². The van der Waals surface area contributed by atoms with Crippen LogP contribution in [-0.4, -0.2) is 9.78 Å². The summed E-state index contributed by atoms with van der Waals surface area (Å²) in [6, 6.07) is 0. The maximum Gasteiger partial charge on any atom is 0.0960 e. The van der Waals surface area contributed by atoms with Gasteiger partial charge in [0, 0.05) is 18.0 Å². The van der Waals surface area contributed by atoms with E-state index in [0.29, 0.717) is 6.61 Å². The maximum atomic E-state index is 4.85. The van der Waals surface area contributed by atoms with Crippen molar-refractivity contribution >= 4 is 6.20 Å². The summed E-state index contributed by atoms with van der Waals surface area (Å²) in [4.78, 5) is 4.40. The molecule has 4 nitrogen and oxygen atoms in total. The first-order valence-corrected chi connectivity index (χ1v) is 2.84. The average Bonchev–Trinajstić information content (AvgIpc) is 2.37. The number of nitrogens with two attached hydrogens (primary N) is 1. The summed E-state index contributed by atoms with van der Waals surface area (Å²) in [6.07, 6.45) is 5.06. The van der Waals surface area contributed by atoms with Crippen molar-refractivity contribution in [1.82, 2.24) is 9.78 Å². The molecule has 0 unspecified atom stereocenters. The van der Waals surface area contributed by atoms with Crippen molar-refractivity contribution in [2.45, 2.75) is 6.61 Å². The fourth-order valence-corrected chi connectivity index (χ4v) is 0.648. The summed E-state index contributed by atoms with van der Waals surface area (Å²) in [5.74, 6) is 4.85. The second-order valence-electron chi connectivity index (χ2n) is 1.82. The summed E-state index contributed by atoms with van der Waals surface area (Å²) in [7, 11) is 0. The minimum atomic E-state index is 0.383. The quantitative estimate of drug-likeness (QED) is 0.616. The molecule has 0 aliphatic heterocycles. The SMILES string of the molecule is C=Cn1cc(CON)cn1. The van der Waals surface area contributed by atoms with E-state index in [1.807, 2.05) is 0 Å². The van der Waals surface area contributed by atoms with Gasteiger partial charge in [-0.15, -0.1) is 0 Å². The van der Waals surface area contributed by atoms with Crippen molar-refractivity contribution < 1.29 is 4.84 Å². The minimum absolute atomic E-state index is 0.383. The van der Waals surface area contributed by atoms with E-state index in [1.165, 1.54) is 0 Å². The molecule has 1 aromatic heterocycles. The normalized spacial score (nSPS) is 9.70. The first-order valence-electron chi connectivity index (χ1n) is 2.84. The van der Waals surface area contributed by atoms with E-state index in [-0.39, 0.29) is 0 Å². The molecular weight excluding hydrogens is 130 g/mol. The van der Waals surface area contributed by atoms with Crippen LogP contribution in [0.5, 0.6) is 0 Å². The predicted molar refractivity (Wildman–Crippen MR) is 37.6 cm³/mol. The highest BCUT2D eigenvalue weighted by Crippen LogP contribution is 1.97. The van der Waals surface area contributed by atoms with Crippen LogP contribution in [0.1, 0.15) is 5.56 Å². The molecule has 0 radical (unpaired) electrons. The van der Waals surface area contributed by atoms with Gasteiger partial charge in [0.1, 0.15) is 0 Å². The van der Waals surface area contributed by atoms with E-state index in [4.69, 9.17) is 5.90 Å². The standard InChI is InChI=1S/C6H9N3O/c1-2-9-4-6(3-8-9)5-10-7/h2-4H,1,5,7H2. The summed E-state index contributed by atoms with van der Waals surface area (Å²) in [5, 5.41) is 3.92. The highest BCUT2D eigenvalue weighted by atomic mass is 16.6. The van der Waals surface area contributed by atoms with Gasteiger partial charge in [0.05, 0.1) is 12.8 Å². The van der Waals surface area contributed by atoms with Crippen LogP contribution in [0.15, 0.2) is 19.0 Å². The van der Waals surface area contributed by atoms with Gasteiger partial charge in [-0.1, -0.05) is 6.58 Å². The minimum Gasteiger partial charge on any atom is -0.300 e. The molecule has 0 aliphatic carbocycles. The van der Waals surface area contributed by atoms with Gasteiger partial charge < -0.3 is 0 Å². The van der Waals surface area contributed by atoms with Crippen LogP contribution in [0.3, 0.4) is 0 Å². The largest absolute Gasteiger partial charge is 0.300 e. The lowest BCUT2D eigenvalue weighted by atomic mass is 10.4. The second kappa shape index (κ2) is 3.14. The third-order valence-corrected chi connectivity index (χ3v) is 1.09. The first-order chi connectivity index (χ1) is 4.86. The summed E-state index contributed by atoms with van der Waals surface area (Å²) >= 11 is 0. The van der Waals surface area contributed by atoms with Crippen molar-refractivity contribution in [2.75, 3.05) is 0 Å². The number of nitrogens with zero attached hydrogens (tertiary/aromatic N) is 2. The molecule has 1 rings (SSSR count).